The van der Waals surface area contributed by atoms with Crippen LogP contribution in [0.3, 0.4) is 0 Å². The summed E-state index contributed by atoms with van der Waals surface area (Å²) in [5.41, 5.74) is 2.97. The Labute approximate surface area is 186 Å². The van der Waals surface area contributed by atoms with Crippen LogP contribution in [0.2, 0.25) is 0 Å². The summed E-state index contributed by atoms with van der Waals surface area (Å²) in [6.45, 7) is -0.108. The molecule has 0 aliphatic carbocycles. The molecule has 2 atom stereocenters. The molecule has 31 heavy (non-hydrogen) atoms. The van der Waals surface area contributed by atoms with Gasteiger partial charge in [-0.05, 0) is 61.5 Å². The van der Waals surface area contributed by atoms with Gasteiger partial charge in [-0.15, -0.1) is 0 Å². The lowest BCUT2D eigenvalue weighted by Gasteiger charge is -2.51. The molecule has 3 heterocycles. The lowest BCUT2D eigenvalue weighted by atomic mass is 9.78. The van der Waals surface area contributed by atoms with Crippen LogP contribution < -0.4 is 4.74 Å². The third-order valence-electron chi connectivity index (χ3n) is 6.86. The van der Waals surface area contributed by atoms with Gasteiger partial charge in [0.1, 0.15) is 5.75 Å². The fourth-order valence-corrected chi connectivity index (χ4v) is 5.02. The minimum atomic E-state index is -2.26. The van der Waals surface area contributed by atoms with Crippen molar-refractivity contribution in [3.63, 3.8) is 0 Å². The molecule has 2 N–H and O–H groups in total. The van der Waals surface area contributed by atoms with Gasteiger partial charge < -0.3 is 19.6 Å². The van der Waals surface area contributed by atoms with Crippen LogP contribution in [0.1, 0.15) is 56.5 Å². The molecule has 0 bridgehead atoms. The predicted octanol–water partition coefficient (Wildman–Crippen LogP) is 4.68. The number of aromatic amines is 1. The highest BCUT2D eigenvalue weighted by Crippen LogP contribution is 2.46. The van der Waals surface area contributed by atoms with Crippen molar-refractivity contribution < 1.29 is 23.5 Å². The molecule has 1 spiro atoms. The largest absolute Gasteiger partial charge is 0.496 e. The first-order valence-corrected chi connectivity index (χ1v) is 10.6. The Hall–Kier alpha value is -2.83. The van der Waals surface area contributed by atoms with Crippen molar-refractivity contribution in [3.8, 4) is 5.75 Å². The van der Waals surface area contributed by atoms with Gasteiger partial charge >= 0.3 is 5.97 Å². The number of fused-ring (bicyclic) bond motifs is 1. The number of nitrogens with zero attached hydrogens (tertiary/aromatic N) is 1. The van der Waals surface area contributed by atoms with E-state index in [0.29, 0.717) is 17.8 Å². The number of rotatable bonds is 5. The Morgan fingerprint density at radius 3 is 2.81 bits per heavy atom. The molecular weight excluding hydrogens is 392 g/mol. The molecule has 2 fully saturated rings. The van der Waals surface area contributed by atoms with Gasteiger partial charge in [-0.25, -0.2) is 4.79 Å². The minimum absolute atomic E-state index is 0.0397. The molecule has 0 saturated carbocycles. The lowest BCUT2D eigenvalue weighted by Crippen LogP contribution is -2.53. The van der Waals surface area contributed by atoms with Crippen molar-refractivity contribution in [1.29, 1.82) is 0 Å². The number of benzene rings is 2. The zero-order valence-corrected chi connectivity index (χ0v) is 17.5. The molecule has 5 rings (SSSR count). The van der Waals surface area contributed by atoms with Gasteiger partial charge in [0, 0.05) is 45.9 Å². The van der Waals surface area contributed by atoms with Crippen molar-refractivity contribution in [3.05, 3.63) is 64.8 Å². The summed E-state index contributed by atoms with van der Waals surface area (Å²) in [6, 6.07) is 10.6. The smallest absolute Gasteiger partial charge is 0.335 e. The van der Waals surface area contributed by atoms with E-state index in [4.69, 9.17) is 13.6 Å². The average molecular weight is 424 g/mol. The Morgan fingerprint density at radius 2 is 2.16 bits per heavy atom. The zero-order chi connectivity index (χ0) is 24.1. The van der Waals surface area contributed by atoms with Crippen LogP contribution in [0.25, 0.3) is 10.9 Å². The zero-order valence-electron chi connectivity index (χ0n) is 20.5. The fourth-order valence-electron chi connectivity index (χ4n) is 5.02. The van der Waals surface area contributed by atoms with E-state index in [1.807, 2.05) is 18.2 Å². The highest BCUT2D eigenvalue weighted by molar-refractivity contribution is 5.88. The topological polar surface area (TPSA) is 74.8 Å². The number of aryl methyl sites for hydroxylation is 1. The molecule has 0 amide bonds. The molecule has 6 heteroatoms. The minimum Gasteiger partial charge on any atom is -0.496 e. The van der Waals surface area contributed by atoms with Gasteiger partial charge in [-0.2, -0.15) is 0 Å². The van der Waals surface area contributed by atoms with Crippen LogP contribution in [0.4, 0.5) is 0 Å². The Morgan fingerprint density at radius 1 is 1.35 bits per heavy atom. The molecule has 1 aromatic heterocycles. The van der Waals surface area contributed by atoms with Gasteiger partial charge in [0.15, 0.2) is 0 Å². The Kier molecular flexibility index (Phi) is 4.17. The third kappa shape index (κ3) is 3.50. The van der Waals surface area contributed by atoms with E-state index in [2.05, 4.69) is 9.88 Å². The second kappa shape index (κ2) is 7.70. The van der Waals surface area contributed by atoms with Crippen LogP contribution in [0.15, 0.2) is 42.6 Å². The maximum absolute atomic E-state index is 11.3. The van der Waals surface area contributed by atoms with E-state index in [0.717, 1.165) is 48.9 Å². The number of ether oxygens (including phenoxy) is 2. The first-order chi connectivity index (χ1) is 16.2. The van der Waals surface area contributed by atoms with Crippen LogP contribution in [-0.2, 0) is 11.3 Å². The summed E-state index contributed by atoms with van der Waals surface area (Å²) < 4.78 is 35.5. The summed E-state index contributed by atoms with van der Waals surface area (Å²) in [7, 11) is 1.57. The molecular formula is C25H28N2O4. The van der Waals surface area contributed by atoms with Crippen molar-refractivity contribution in [1.82, 2.24) is 9.88 Å². The summed E-state index contributed by atoms with van der Waals surface area (Å²) >= 11 is 0. The summed E-state index contributed by atoms with van der Waals surface area (Å²) in [6.07, 6.45) is 4.54. The number of likely N-dealkylation sites (tertiary alicyclic amines) is 1. The molecule has 162 valence electrons. The molecule has 3 aromatic rings. The van der Waals surface area contributed by atoms with Crippen LogP contribution in [0, 0.1) is 6.85 Å². The summed E-state index contributed by atoms with van der Waals surface area (Å²) in [5, 5.41) is 10.1. The van der Waals surface area contributed by atoms with Crippen molar-refractivity contribution in [2.45, 2.75) is 44.3 Å². The number of hydrogen-bond acceptors (Lipinski definition) is 4. The predicted molar refractivity (Wildman–Crippen MR) is 119 cm³/mol. The molecule has 6 nitrogen and oxygen atoms in total. The lowest BCUT2D eigenvalue weighted by molar-refractivity contribution is -0.185. The molecule has 2 saturated heterocycles. The SMILES string of the molecule is [2H]C([2H])([2H])c1cc(OC)c(CN2CCC3(CCO3)CC2c2ccc(C(=O)O)cc2)c2cc[nH]c12. The average Bonchev–Trinajstić information content (AvgIpc) is 3.27. The second-order valence-electron chi connectivity index (χ2n) is 8.52. The first-order valence-electron chi connectivity index (χ1n) is 12.1. The van der Waals surface area contributed by atoms with E-state index in [1.54, 1.807) is 31.5 Å². The van der Waals surface area contributed by atoms with Crippen LogP contribution in [0.5, 0.6) is 5.75 Å². The number of carboxylic acids is 1. The maximum Gasteiger partial charge on any atom is 0.335 e. The first kappa shape index (κ1) is 16.8. The second-order valence-corrected chi connectivity index (χ2v) is 8.52. The summed E-state index contributed by atoms with van der Waals surface area (Å²) in [4.78, 5) is 16.8. The van der Waals surface area contributed by atoms with Gasteiger partial charge in [0.2, 0.25) is 0 Å². The van der Waals surface area contributed by atoms with Gasteiger partial charge in [-0.3, -0.25) is 4.90 Å². The Balaban J connectivity index is 1.53. The third-order valence-corrected chi connectivity index (χ3v) is 6.86. The number of aromatic carboxylic acids is 1. The number of carbonyl (C=O) groups is 1. The van der Waals surface area contributed by atoms with Gasteiger partial charge in [-0.1, -0.05) is 12.1 Å². The van der Waals surface area contributed by atoms with Crippen molar-refractivity contribution in [2.75, 3.05) is 20.3 Å². The number of hydrogen-bond donors (Lipinski definition) is 2. The Bertz CT molecular complexity index is 1220. The molecule has 2 aliphatic rings. The summed E-state index contributed by atoms with van der Waals surface area (Å²) in [5.74, 6) is -0.391. The van der Waals surface area contributed by atoms with E-state index in [-0.39, 0.29) is 22.8 Å². The van der Waals surface area contributed by atoms with Crippen molar-refractivity contribution >= 4 is 16.9 Å². The molecule has 2 aromatic carbocycles. The number of methoxy groups -OCH3 is 1. The molecule has 0 radical (unpaired) electrons. The maximum atomic E-state index is 11.3. The van der Waals surface area contributed by atoms with Crippen molar-refractivity contribution in [2.24, 2.45) is 0 Å². The van der Waals surface area contributed by atoms with E-state index in [1.165, 1.54) is 0 Å². The normalized spacial score (nSPS) is 25.6. The number of carboxylic acid groups (broad SMARTS) is 1. The fraction of sp³-hybridized carbons (Fsp3) is 0.400. The standard InChI is InChI=1S/C25H28N2O4/c1-16-13-22(30-2)20(19-7-10-26-23(16)19)15-27-11-8-25(9-12-31-25)14-21(27)17-3-5-18(6-4-17)24(28)29/h3-7,10,13,21,26H,8-9,11-12,14-15H2,1-2H3,(H,28,29)/i1D3. The highest BCUT2D eigenvalue weighted by atomic mass is 16.5. The molecule has 2 aliphatic heterocycles. The quantitative estimate of drug-likeness (QED) is 0.623. The van der Waals surface area contributed by atoms with E-state index >= 15 is 0 Å². The number of H-pyrrole nitrogens is 1. The number of aromatic nitrogens is 1. The molecule has 2 unspecified atom stereocenters. The number of nitrogens with one attached hydrogen (secondary N) is 1. The van der Waals surface area contributed by atoms with E-state index < -0.39 is 12.8 Å². The monoisotopic (exact) mass is 423 g/mol. The van der Waals surface area contributed by atoms with E-state index in [9.17, 15) is 9.90 Å². The van der Waals surface area contributed by atoms with Crippen LogP contribution >= 0.6 is 0 Å². The van der Waals surface area contributed by atoms with Gasteiger partial charge in [0.25, 0.3) is 0 Å². The van der Waals surface area contributed by atoms with Crippen LogP contribution in [-0.4, -0.2) is 46.8 Å². The highest BCUT2D eigenvalue weighted by Gasteiger charge is 2.45. The van der Waals surface area contributed by atoms with Gasteiger partial charge in [0.05, 0.1) is 24.9 Å². The number of piperidine rings is 1.